The van der Waals surface area contributed by atoms with Crippen LogP contribution < -0.4 is 11.5 Å². The maximum Gasteiger partial charge on any atom is 0.0166 e. The highest BCUT2D eigenvalue weighted by atomic mass is 14.8. The van der Waals surface area contributed by atoms with Crippen LogP contribution in [-0.4, -0.2) is 12.1 Å². The van der Waals surface area contributed by atoms with Crippen molar-refractivity contribution in [1.82, 2.24) is 0 Å². The summed E-state index contributed by atoms with van der Waals surface area (Å²) < 4.78 is 0. The molecule has 0 radical (unpaired) electrons. The molecule has 4 N–H and O–H groups in total. The zero-order valence-corrected chi connectivity index (χ0v) is 5.90. The van der Waals surface area contributed by atoms with E-state index in [1.165, 1.54) is 25.7 Å². The standard InChI is InChI=1S/C7H16N2/c8-6-5-7(9)3-1-2-4-7/h1-6,8-9H2. The Kier molecular flexibility index (Phi) is 2.09. The van der Waals surface area contributed by atoms with Crippen LogP contribution in [0.5, 0.6) is 0 Å². The van der Waals surface area contributed by atoms with Gasteiger partial charge in [-0.05, 0) is 25.8 Å². The fraction of sp³-hybridized carbons (Fsp3) is 1.00. The Bertz CT molecular complexity index is 84.9. The third-order valence-corrected chi connectivity index (χ3v) is 2.24. The van der Waals surface area contributed by atoms with Crippen LogP contribution in [-0.2, 0) is 0 Å². The molecule has 0 aromatic heterocycles. The smallest absolute Gasteiger partial charge is 0.0166 e. The quantitative estimate of drug-likeness (QED) is 0.572. The molecule has 0 atom stereocenters. The molecule has 0 bridgehead atoms. The zero-order valence-electron chi connectivity index (χ0n) is 5.90. The summed E-state index contributed by atoms with van der Waals surface area (Å²) in [5, 5.41) is 0. The Hall–Kier alpha value is -0.0800. The second-order valence-corrected chi connectivity index (χ2v) is 3.11. The van der Waals surface area contributed by atoms with Crippen molar-refractivity contribution in [2.75, 3.05) is 6.54 Å². The third kappa shape index (κ3) is 1.66. The van der Waals surface area contributed by atoms with E-state index >= 15 is 0 Å². The van der Waals surface area contributed by atoms with Crippen LogP contribution in [0.3, 0.4) is 0 Å². The van der Waals surface area contributed by atoms with Gasteiger partial charge in [0.15, 0.2) is 0 Å². The van der Waals surface area contributed by atoms with Gasteiger partial charge in [0.1, 0.15) is 0 Å². The van der Waals surface area contributed by atoms with E-state index in [0.29, 0.717) is 0 Å². The molecule has 1 fully saturated rings. The SMILES string of the molecule is NCCC1(N)CCCC1. The molecule has 1 saturated carbocycles. The van der Waals surface area contributed by atoms with Gasteiger partial charge < -0.3 is 11.5 Å². The molecule has 0 amide bonds. The summed E-state index contributed by atoms with van der Waals surface area (Å²) >= 11 is 0. The first kappa shape index (κ1) is 7.03. The molecule has 0 spiro atoms. The molecular formula is C7H16N2. The Labute approximate surface area is 56.6 Å². The lowest BCUT2D eigenvalue weighted by molar-refractivity contribution is 0.412. The van der Waals surface area contributed by atoms with Crippen LogP contribution in [0.4, 0.5) is 0 Å². The molecule has 54 valence electrons. The molecule has 0 aromatic rings. The Balaban J connectivity index is 2.32. The summed E-state index contributed by atoms with van der Waals surface area (Å²) in [5.41, 5.74) is 11.5. The Morgan fingerprint density at radius 3 is 2.22 bits per heavy atom. The van der Waals surface area contributed by atoms with E-state index in [2.05, 4.69) is 0 Å². The van der Waals surface area contributed by atoms with Gasteiger partial charge >= 0.3 is 0 Å². The summed E-state index contributed by atoms with van der Waals surface area (Å²) in [6.07, 6.45) is 5.98. The highest BCUT2D eigenvalue weighted by Gasteiger charge is 2.27. The van der Waals surface area contributed by atoms with Crippen LogP contribution >= 0.6 is 0 Å². The molecule has 0 heterocycles. The number of rotatable bonds is 2. The van der Waals surface area contributed by atoms with Crippen LogP contribution in [0.2, 0.25) is 0 Å². The van der Waals surface area contributed by atoms with E-state index in [1.807, 2.05) is 0 Å². The van der Waals surface area contributed by atoms with Crippen LogP contribution in [0.1, 0.15) is 32.1 Å². The maximum atomic E-state index is 5.99. The molecule has 0 unspecified atom stereocenters. The third-order valence-electron chi connectivity index (χ3n) is 2.24. The van der Waals surface area contributed by atoms with E-state index in [9.17, 15) is 0 Å². The molecule has 2 nitrogen and oxygen atoms in total. The predicted molar refractivity (Wildman–Crippen MR) is 39.1 cm³/mol. The van der Waals surface area contributed by atoms with Crippen molar-refractivity contribution in [3.63, 3.8) is 0 Å². The minimum Gasteiger partial charge on any atom is -0.330 e. The summed E-state index contributed by atoms with van der Waals surface area (Å²) in [5.74, 6) is 0. The van der Waals surface area contributed by atoms with E-state index < -0.39 is 0 Å². The fourth-order valence-corrected chi connectivity index (χ4v) is 1.62. The molecule has 1 aliphatic carbocycles. The second kappa shape index (κ2) is 2.67. The summed E-state index contributed by atoms with van der Waals surface area (Å²) in [6.45, 7) is 0.747. The molecule has 1 rings (SSSR count). The monoisotopic (exact) mass is 128 g/mol. The van der Waals surface area contributed by atoms with E-state index in [4.69, 9.17) is 11.5 Å². The summed E-state index contributed by atoms with van der Waals surface area (Å²) in [7, 11) is 0. The van der Waals surface area contributed by atoms with Gasteiger partial charge in [-0.2, -0.15) is 0 Å². The van der Waals surface area contributed by atoms with Crippen LogP contribution in [0.25, 0.3) is 0 Å². The summed E-state index contributed by atoms with van der Waals surface area (Å²) in [6, 6.07) is 0. The van der Waals surface area contributed by atoms with Crippen molar-refractivity contribution >= 4 is 0 Å². The first-order valence-electron chi connectivity index (χ1n) is 3.76. The highest BCUT2D eigenvalue weighted by molar-refractivity contribution is 4.88. The molecular weight excluding hydrogens is 112 g/mol. The fourth-order valence-electron chi connectivity index (χ4n) is 1.62. The lowest BCUT2D eigenvalue weighted by atomic mass is 9.95. The first-order chi connectivity index (χ1) is 4.27. The Morgan fingerprint density at radius 2 is 1.78 bits per heavy atom. The number of nitrogens with two attached hydrogens (primary N) is 2. The van der Waals surface area contributed by atoms with Crippen molar-refractivity contribution in [1.29, 1.82) is 0 Å². The normalized spacial score (nSPS) is 24.7. The van der Waals surface area contributed by atoms with Crippen molar-refractivity contribution < 1.29 is 0 Å². The van der Waals surface area contributed by atoms with Crippen molar-refractivity contribution in [3.8, 4) is 0 Å². The van der Waals surface area contributed by atoms with Gasteiger partial charge in [0.25, 0.3) is 0 Å². The lowest BCUT2D eigenvalue weighted by Gasteiger charge is -2.21. The van der Waals surface area contributed by atoms with E-state index in [-0.39, 0.29) is 5.54 Å². The van der Waals surface area contributed by atoms with Crippen LogP contribution in [0.15, 0.2) is 0 Å². The predicted octanol–water partition coefficient (Wildman–Crippen LogP) is 0.607. The van der Waals surface area contributed by atoms with Crippen molar-refractivity contribution in [3.05, 3.63) is 0 Å². The highest BCUT2D eigenvalue weighted by Crippen LogP contribution is 2.29. The second-order valence-electron chi connectivity index (χ2n) is 3.11. The van der Waals surface area contributed by atoms with Gasteiger partial charge in [-0.3, -0.25) is 0 Å². The molecule has 2 heteroatoms. The average Bonchev–Trinajstić information content (AvgIpc) is 2.16. The van der Waals surface area contributed by atoms with Crippen molar-refractivity contribution in [2.45, 2.75) is 37.6 Å². The molecule has 9 heavy (non-hydrogen) atoms. The van der Waals surface area contributed by atoms with E-state index in [1.54, 1.807) is 0 Å². The number of hydrogen-bond acceptors (Lipinski definition) is 2. The lowest BCUT2D eigenvalue weighted by Crippen LogP contribution is -2.38. The topological polar surface area (TPSA) is 52.0 Å². The van der Waals surface area contributed by atoms with Crippen LogP contribution in [0, 0.1) is 0 Å². The molecule has 0 aliphatic heterocycles. The van der Waals surface area contributed by atoms with E-state index in [0.717, 1.165) is 13.0 Å². The molecule has 1 aliphatic rings. The van der Waals surface area contributed by atoms with Gasteiger partial charge in [-0.25, -0.2) is 0 Å². The van der Waals surface area contributed by atoms with Gasteiger partial charge in [-0.1, -0.05) is 12.8 Å². The van der Waals surface area contributed by atoms with Crippen molar-refractivity contribution in [2.24, 2.45) is 11.5 Å². The first-order valence-corrected chi connectivity index (χ1v) is 3.76. The Morgan fingerprint density at radius 1 is 1.22 bits per heavy atom. The minimum atomic E-state index is 0.120. The minimum absolute atomic E-state index is 0.120. The average molecular weight is 128 g/mol. The molecule has 0 aromatic carbocycles. The van der Waals surface area contributed by atoms with Gasteiger partial charge in [0.05, 0.1) is 0 Å². The largest absolute Gasteiger partial charge is 0.330 e. The zero-order chi connectivity index (χ0) is 6.74. The molecule has 0 saturated heterocycles. The van der Waals surface area contributed by atoms with Gasteiger partial charge in [0.2, 0.25) is 0 Å². The van der Waals surface area contributed by atoms with Gasteiger partial charge in [-0.15, -0.1) is 0 Å². The van der Waals surface area contributed by atoms with Gasteiger partial charge in [0, 0.05) is 5.54 Å². The summed E-state index contributed by atoms with van der Waals surface area (Å²) in [4.78, 5) is 0. The number of hydrogen-bond donors (Lipinski definition) is 2. The maximum absolute atomic E-state index is 5.99.